The van der Waals surface area contributed by atoms with E-state index in [-0.39, 0.29) is 18.4 Å². The van der Waals surface area contributed by atoms with Gasteiger partial charge in [-0.05, 0) is 13.0 Å². The molecular weight excluding hydrogens is 323 g/mol. The van der Waals surface area contributed by atoms with Crippen LogP contribution in [0.2, 0.25) is 0 Å². The molecule has 1 heterocycles. The molecule has 0 bridgehead atoms. The molecule has 0 aromatic carbocycles. The molecule has 3 atom stereocenters. The fraction of sp³-hybridized carbons (Fsp3) is 0.500. The number of aromatic nitrogens is 2. The van der Waals surface area contributed by atoms with E-state index in [0.29, 0.717) is 0 Å². The second kappa shape index (κ2) is 8.79. The van der Waals surface area contributed by atoms with Gasteiger partial charge in [0.2, 0.25) is 5.95 Å². The summed E-state index contributed by atoms with van der Waals surface area (Å²) in [4.78, 5) is 7.19. The van der Waals surface area contributed by atoms with E-state index in [9.17, 15) is 18.3 Å². The number of halogens is 3. The predicted octanol–water partition coefficient (Wildman–Crippen LogP) is 3.05. The molecule has 0 aliphatic carbocycles. The van der Waals surface area contributed by atoms with Crippen molar-refractivity contribution in [3.8, 4) is 0 Å². The number of anilines is 1. The summed E-state index contributed by atoms with van der Waals surface area (Å²) in [7, 11) is 1.48. The van der Waals surface area contributed by atoms with Crippen LogP contribution in [0.15, 0.2) is 36.6 Å². The predicted molar refractivity (Wildman–Crippen MR) is 85.4 cm³/mol. The first-order valence-electron chi connectivity index (χ1n) is 7.33. The molecule has 2 N–H and O–H groups in total. The molecule has 0 aliphatic rings. The second-order valence-corrected chi connectivity index (χ2v) is 5.42. The van der Waals surface area contributed by atoms with Gasteiger partial charge in [-0.3, -0.25) is 0 Å². The fourth-order valence-corrected chi connectivity index (χ4v) is 2.10. The van der Waals surface area contributed by atoms with Gasteiger partial charge in [-0.15, -0.1) is 6.58 Å². The Morgan fingerprint density at radius 2 is 2.17 bits per heavy atom. The van der Waals surface area contributed by atoms with Gasteiger partial charge < -0.3 is 15.2 Å². The van der Waals surface area contributed by atoms with E-state index < -0.39 is 24.1 Å². The Balaban J connectivity index is 2.68. The first-order valence-corrected chi connectivity index (χ1v) is 7.33. The average molecular weight is 345 g/mol. The summed E-state index contributed by atoms with van der Waals surface area (Å²) in [5.74, 6) is -0.330. The van der Waals surface area contributed by atoms with Gasteiger partial charge in [0, 0.05) is 25.8 Å². The molecule has 8 heteroatoms. The van der Waals surface area contributed by atoms with Crippen LogP contribution in [0.3, 0.4) is 0 Å². The molecule has 0 spiro atoms. The number of nitrogens with one attached hydrogen (secondary N) is 1. The molecule has 0 fully saturated rings. The Labute approximate surface area is 139 Å². The minimum Gasteiger partial charge on any atom is -0.389 e. The lowest BCUT2D eigenvalue weighted by atomic mass is 9.97. The van der Waals surface area contributed by atoms with Gasteiger partial charge in [-0.1, -0.05) is 24.6 Å². The molecular formula is C16H22F3N3O2. The van der Waals surface area contributed by atoms with Gasteiger partial charge in [0.15, 0.2) is 0 Å². The fourth-order valence-electron chi connectivity index (χ4n) is 2.10. The van der Waals surface area contributed by atoms with Crippen LogP contribution in [-0.4, -0.2) is 40.9 Å². The molecule has 0 saturated heterocycles. The maximum Gasteiger partial charge on any atom is 0.433 e. The first kappa shape index (κ1) is 20.1. The summed E-state index contributed by atoms with van der Waals surface area (Å²) in [6.07, 6.45) is -1.41. The molecule has 3 unspecified atom stereocenters. The van der Waals surface area contributed by atoms with E-state index in [1.165, 1.54) is 13.2 Å². The van der Waals surface area contributed by atoms with Crippen LogP contribution in [0.4, 0.5) is 19.1 Å². The van der Waals surface area contributed by atoms with E-state index in [4.69, 9.17) is 4.74 Å². The Morgan fingerprint density at radius 1 is 1.50 bits per heavy atom. The number of methoxy groups -OCH3 is 1. The molecule has 1 rings (SSSR count). The van der Waals surface area contributed by atoms with Crippen LogP contribution < -0.4 is 5.32 Å². The molecule has 0 amide bonds. The molecule has 1 aromatic rings. The monoisotopic (exact) mass is 345 g/mol. The lowest BCUT2D eigenvalue weighted by Gasteiger charge is -2.22. The van der Waals surface area contributed by atoms with Crippen molar-refractivity contribution < 1.29 is 23.0 Å². The number of aliphatic hydroxyl groups is 1. The van der Waals surface area contributed by atoms with Gasteiger partial charge in [-0.2, -0.15) is 13.2 Å². The zero-order valence-electron chi connectivity index (χ0n) is 13.8. The molecule has 0 saturated carbocycles. The maximum absolute atomic E-state index is 12.6. The number of hydrogen-bond acceptors (Lipinski definition) is 5. The summed E-state index contributed by atoms with van der Waals surface area (Å²) in [6, 6.07) is 0.812. The smallest absolute Gasteiger partial charge is 0.389 e. The summed E-state index contributed by atoms with van der Waals surface area (Å²) in [5, 5.41) is 12.9. The number of hydrogen-bond donors (Lipinski definition) is 2. The molecule has 24 heavy (non-hydrogen) atoms. The molecule has 0 aliphatic heterocycles. The highest BCUT2D eigenvalue weighted by atomic mass is 19.4. The molecule has 5 nitrogen and oxygen atoms in total. The number of nitrogens with zero attached hydrogens (tertiary/aromatic N) is 2. The molecule has 134 valence electrons. The van der Waals surface area contributed by atoms with Gasteiger partial charge >= 0.3 is 6.18 Å². The van der Waals surface area contributed by atoms with Gasteiger partial charge in [0.25, 0.3) is 0 Å². The molecule has 1 aromatic heterocycles. The van der Waals surface area contributed by atoms with Crippen molar-refractivity contribution in [2.24, 2.45) is 5.92 Å². The van der Waals surface area contributed by atoms with E-state index in [1.807, 2.05) is 6.92 Å². The quantitative estimate of drug-likeness (QED) is 0.709. The third-order valence-corrected chi connectivity index (χ3v) is 3.40. The number of alkyl halides is 3. The first-order chi connectivity index (χ1) is 11.2. The van der Waals surface area contributed by atoms with E-state index in [0.717, 1.165) is 17.8 Å². The zero-order valence-corrected chi connectivity index (χ0v) is 13.8. The summed E-state index contributed by atoms with van der Waals surface area (Å²) in [5.41, 5.74) is -0.180. The highest BCUT2D eigenvalue weighted by molar-refractivity contribution is 5.28. The van der Waals surface area contributed by atoms with Crippen LogP contribution in [0.1, 0.15) is 19.5 Å². The van der Waals surface area contributed by atoms with Gasteiger partial charge in [-0.25, -0.2) is 9.97 Å². The van der Waals surface area contributed by atoms with Crippen LogP contribution >= 0.6 is 0 Å². The number of aliphatic hydroxyl groups excluding tert-OH is 1. The van der Waals surface area contributed by atoms with Crippen molar-refractivity contribution in [1.82, 2.24) is 9.97 Å². The van der Waals surface area contributed by atoms with Crippen LogP contribution in [0.25, 0.3) is 0 Å². The third kappa shape index (κ3) is 5.93. The Morgan fingerprint density at radius 3 is 2.71 bits per heavy atom. The topological polar surface area (TPSA) is 67.3 Å². The van der Waals surface area contributed by atoms with Crippen LogP contribution in [-0.2, 0) is 10.9 Å². The van der Waals surface area contributed by atoms with Crippen molar-refractivity contribution in [1.29, 1.82) is 0 Å². The average Bonchev–Trinajstić information content (AvgIpc) is 2.53. The highest BCUT2D eigenvalue weighted by Crippen LogP contribution is 2.27. The maximum atomic E-state index is 12.6. The number of ether oxygens (including phenoxy) is 1. The Bertz CT molecular complexity index is 576. The minimum atomic E-state index is -4.51. The van der Waals surface area contributed by atoms with Crippen molar-refractivity contribution >= 4 is 5.95 Å². The summed E-state index contributed by atoms with van der Waals surface area (Å²) in [6.45, 7) is 7.45. The Hall–Kier alpha value is -1.93. The lowest BCUT2D eigenvalue weighted by Crippen LogP contribution is -2.31. The van der Waals surface area contributed by atoms with E-state index >= 15 is 0 Å². The van der Waals surface area contributed by atoms with E-state index in [2.05, 4.69) is 21.9 Å². The van der Waals surface area contributed by atoms with Gasteiger partial charge in [0.1, 0.15) is 11.8 Å². The van der Waals surface area contributed by atoms with Crippen molar-refractivity contribution in [3.05, 3.63) is 42.3 Å². The highest BCUT2D eigenvalue weighted by Gasteiger charge is 2.32. The SMILES string of the molecule is C=CC(OC)C(O)C(C)C=C(C)CNc1nccc(C(F)(F)F)n1. The van der Waals surface area contributed by atoms with Crippen LogP contribution in [0.5, 0.6) is 0 Å². The Kier molecular flexibility index (Phi) is 7.37. The zero-order chi connectivity index (χ0) is 18.3. The third-order valence-electron chi connectivity index (χ3n) is 3.40. The lowest BCUT2D eigenvalue weighted by molar-refractivity contribution is -0.141. The van der Waals surface area contributed by atoms with Crippen molar-refractivity contribution in [2.75, 3.05) is 19.0 Å². The second-order valence-electron chi connectivity index (χ2n) is 5.42. The minimum absolute atomic E-state index is 0.105. The standard InChI is InChI=1S/C16H22F3N3O2/c1-5-12(24-4)14(23)11(3)8-10(2)9-21-15-20-7-6-13(22-15)16(17,18)19/h5-8,11-12,14,23H,1,9H2,2-4H3,(H,20,21,22). The summed E-state index contributed by atoms with van der Waals surface area (Å²) < 4.78 is 42.9. The van der Waals surface area contributed by atoms with Crippen molar-refractivity contribution in [3.63, 3.8) is 0 Å². The van der Waals surface area contributed by atoms with Crippen LogP contribution in [0, 0.1) is 5.92 Å². The number of rotatable bonds is 8. The summed E-state index contributed by atoms with van der Waals surface area (Å²) >= 11 is 0. The largest absolute Gasteiger partial charge is 0.433 e. The van der Waals surface area contributed by atoms with E-state index in [1.54, 1.807) is 13.0 Å². The normalized spacial score (nSPS) is 16.4. The molecule has 0 radical (unpaired) electrons. The van der Waals surface area contributed by atoms with Gasteiger partial charge in [0.05, 0.1) is 6.10 Å². The van der Waals surface area contributed by atoms with Crippen molar-refractivity contribution in [2.45, 2.75) is 32.2 Å².